The molecule has 1 N–H and O–H groups in total. The molecule has 1 saturated heterocycles. The quantitative estimate of drug-likeness (QED) is 0.633. The molecule has 1 aromatic carbocycles. The van der Waals surface area contributed by atoms with Crippen LogP contribution in [0, 0.1) is 17.2 Å². The van der Waals surface area contributed by atoms with Crippen LogP contribution in [0.15, 0.2) is 6.07 Å². The van der Waals surface area contributed by atoms with Crippen molar-refractivity contribution in [2.75, 3.05) is 46.5 Å². The van der Waals surface area contributed by atoms with Gasteiger partial charge in [-0.05, 0) is 32.0 Å². The summed E-state index contributed by atoms with van der Waals surface area (Å²) >= 11 is 12.5. The van der Waals surface area contributed by atoms with Crippen molar-refractivity contribution in [2.45, 2.75) is 31.8 Å². The number of amides is 1. The Morgan fingerprint density at radius 3 is 2.87 bits per heavy atom. The standard InChI is InChI=1S/C21H27Cl2N3O4/c1-28-17-13-26(7-3-2-6-24)8-5-14(17)12-25-21(27)15-11-16(22)18(23)20-19(15)29-9-4-10-30-20/h11,14,17H,2-5,7-10,12-13H2,1H3,(H,25,27)/t14-,17+/m0/s1. The topological polar surface area (TPSA) is 83.8 Å². The van der Waals surface area contributed by atoms with Crippen LogP contribution in [0.1, 0.15) is 36.0 Å². The number of likely N-dealkylation sites (tertiary alicyclic amines) is 1. The third-order valence-corrected chi connectivity index (χ3v) is 6.30. The molecule has 2 aliphatic rings. The summed E-state index contributed by atoms with van der Waals surface area (Å²) in [5.74, 6) is 0.591. The van der Waals surface area contributed by atoms with E-state index >= 15 is 0 Å². The minimum atomic E-state index is -0.276. The van der Waals surface area contributed by atoms with E-state index in [0.717, 1.165) is 32.5 Å². The first-order valence-corrected chi connectivity index (χ1v) is 11.0. The normalized spacial score (nSPS) is 21.5. The van der Waals surface area contributed by atoms with Crippen molar-refractivity contribution in [3.8, 4) is 17.6 Å². The molecule has 2 atom stereocenters. The number of hydrogen-bond donors (Lipinski definition) is 1. The summed E-state index contributed by atoms with van der Waals surface area (Å²) in [6, 6.07) is 3.71. The summed E-state index contributed by atoms with van der Waals surface area (Å²) in [5.41, 5.74) is 0.323. The van der Waals surface area contributed by atoms with Gasteiger partial charge < -0.3 is 24.4 Å². The summed E-state index contributed by atoms with van der Waals surface area (Å²) in [7, 11) is 1.70. The molecule has 2 heterocycles. The molecule has 1 aromatic rings. The van der Waals surface area contributed by atoms with Gasteiger partial charge in [0.25, 0.3) is 5.91 Å². The van der Waals surface area contributed by atoms with E-state index < -0.39 is 0 Å². The number of unbranched alkanes of at least 4 members (excludes halogenated alkanes) is 1. The van der Waals surface area contributed by atoms with Gasteiger partial charge in [-0.25, -0.2) is 0 Å². The Balaban J connectivity index is 1.63. The van der Waals surface area contributed by atoms with Crippen LogP contribution >= 0.6 is 23.2 Å². The zero-order valence-corrected chi connectivity index (χ0v) is 18.6. The lowest BCUT2D eigenvalue weighted by Crippen LogP contribution is -2.48. The number of hydrogen-bond acceptors (Lipinski definition) is 6. The number of rotatable bonds is 7. The average Bonchev–Trinajstić information content (AvgIpc) is 3.01. The monoisotopic (exact) mass is 455 g/mol. The molecule has 164 valence electrons. The van der Waals surface area contributed by atoms with Crippen LogP contribution in [0.2, 0.25) is 10.0 Å². The molecular weight excluding hydrogens is 429 g/mol. The first-order valence-electron chi connectivity index (χ1n) is 10.2. The Labute approximate surface area is 187 Å². The van der Waals surface area contributed by atoms with Gasteiger partial charge in [0, 0.05) is 39.0 Å². The van der Waals surface area contributed by atoms with Crippen LogP contribution in [0.3, 0.4) is 0 Å². The van der Waals surface area contributed by atoms with Crippen molar-refractivity contribution in [3.05, 3.63) is 21.7 Å². The fourth-order valence-corrected chi connectivity index (χ4v) is 4.26. The van der Waals surface area contributed by atoms with Crippen molar-refractivity contribution in [1.82, 2.24) is 10.2 Å². The zero-order valence-electron chi connectivity index (χ0n) is 17.1. The van der Waals surface area contributed by atoms with E-state index in [1.165, 1.54) is 6.07 Å². The Hall–Kier alpha value is -1.72. The van der Waals surface area contributed by atoms with E-state index in [2.05, 4.69) is 16.3 Å². The van der Waals surface area contributed by atoms with Gasteiger partial charge in [-0.1, -0.05) is 23.2 Å². The second-order valence-corrected chi connectivity index (χ2v) is 8.31. The number of ether oxygens (including phenoxy) is 3. The van der Waals surface area contributed by atoms with Crippen LogP contribution in [0.5, 0.6) is 11.5 Å². The number of halogens is 2. The molecule has 9 heteroatoms. The third kappa shape index (κ3) is 5.50. The van der Waals surface area contributed by atoms with Crippen LogP contribution in [-0.2, 0) is 4.74 Å². The van der Waals surface area contributed by atoms with E-state index in [1.807, 2.05) is 0 Å². The average molecular weight is 456 g/mol. The molecule has 0 unspecified atom stereocenters. The zero-order chi connectivity index (χ0) is 21.5. The highest BCUT2D eigenvalue weighted by Gasteiger charge is 2.30. The Morgan fingerprint density at radius 1 is 1.37 bits per heavy atom. The number of benzene rings is 1. The molecule has 2 aliphatic heterocycles. The number of methoxy groups -OCH3 is 1. The fraction of sp³-hybridized carbons (Fsp3) is 0.619. The van der Waals surface area contributed by atoms with Gasteiger partial charge in [0.1, 0.15) is 5.02 Å². The maximum absolute atomic E-state index is 12.9. The van der Waals surface area contributed by atoms with Crippen LogP contribution < -0.4 is 14.8 Å². The molecule has 1 fully saturated rings. The van der Waals surface area contributed by atoms with Crippen LogP contribution in [-0.4, -0.2) is 63.4 Å². The van der Waals surface area contributed by atoms with Gasteiger partial charge in [0.05, 0.1) is 36.0 Å². The van der Waals surface area contributed by atoms with Crippen LogP contribution in [0.25, 0.3) is 0 Å². The third-order valence-electron chi connectivity index (χ3n) is 5.53. The van der Waals surface area contributed by atoms with E-state index in [0.29, 0.717) is 49.7 Å². The molecule has 1 amide bonds. The number of nitrogens with zero attached hydrogens (tertiary/aromatic N) is 2. The highest BCUT2D eigenvalue weighted by atomic mass is 35.5. The van der Waals surface area contributed by atoms with Gasteiger partial charge in [-0.15, -0.1) is 0 Å². The largest absolute Gasteiger partial charge is 0.489 e. The molecule has 0 radical (unpaired) electrons. The van der Waals surface area contributed by atoms with E-state index in [9.17, 15) is 4.79 Å². The smallest absolute Gasteiger partial charge is 0.255 e. The maximum atomic E-state index is 12.9. The van der Waals surface area contributed by atoms with E-state index in [-0.39, 0.29) is 28.0 Å². The van der Waals surface area contributed by atoms with Crippen molar-refractivity contribution >= 4 is 29.1 Å². The van der Waals surface area contributed by atoms with Gasteiger partial charge in [-0.2, -0.15) is 5.26 Å². The van der Waals surface area contributed by atoms with Gasteiger partial charge >= 0.3 is 0 Å². The summed E-state index contributed by atoms with van der Waals surface area (Å²) in [6.45, 7) is 3.99. The maximum Gasteiger partial charge on any atom is 0.255 e. The number of nitriles is 1. The van der Waals surface area contributed by atoms with Gasteiger partial charge in [0.2, 0.25) is 0 Å². The lowest BCUT2D eigenvalue weighted by molar-refractivity contribution is -0.0105. The summed E-state index contributed by atoms with van der Waals surface area (Å²) in [4.78, 5) is 15.3. The molecule has 0 saturated carbocycles. The lowest BCUT2D eigenvalue weighted by atomic mass is 9.93. The van der Waals surface area contributed by atoms with E-state index in [1.54, 1.807) is 7.11 Å². The number of nitrogens with one attached hydrogen (secondary N) is 1. The number of carbonyl (C=O) groups is 1. The van der Waals surface area contributed by atoms with Gasteiger partial charge in [-0.3, -0.25) is 4.79 Å². The molecule has 0 bridgehead atoms. The van der Waals surface area contributed by atoms with Crippen molar-refractivity contribution in [3.63, 3.8) is 0 Å². The van der Waals surface area contributed by atoms with Crippen molar-refractivity contribution in [1.29, 1.82) is 5.26 Å². The first-order chi connectivity index (χ1) is 14.5. The van der Waals surface area contributed by atoms with Crippen molar-refractivity contribution < 1.29 is 19.0 Å². The Kier molecular flexibility index (Phi) is 8.46. The molecular formula is C21H27Cl2N3O4. The number of carbonyl (C=O) groups excluding carboxylic acids is 1. The molecule has 3 rings (SSSR count). The second-order valence-electron chi connectivity index (χ2n) is 7.52. The number of piperidine rings is 1. The van der Waals surface area contributed by atoms with E-state index in [4.69, 9.17) is 42.7 Å². The summed E-state index contributed by atoms with van der Waals surface area (Å²) < 4.78 is 17.1. The molecule has 0 aromatic heterocycles. The predicted octanol–water partition coefficient (Wildman–Crippen LogP) is 3.53. The molecule has 30 heavy (non-hydrogen) atoms. The van der Waals surface area contributed by atoms with Gasteiger partial charge in [0.15, 0.2) is 11.5 Å². The minimum Gasteiger partial charge on any atom is -0.489 e. The Morgan fingerprint density at radius 2 is 2.13 bits per heavy atom. The highest BCUT2D eigenvalue weighted by Crippen LogP contribution is 2.44. The second kappa shape index (κ2) is 11.1. The fourth-order valence-electron chi connectivity index (χ4n) is 3.87. The molecule has 7 nitrogen and oxygen atoms in total. The highest BCUT2D eigenvalue weighted by molar-refractivity contribution is 6.43. The first kappa shape index (κ1) is 23.0. The summed E-state index contributed by atoms with van der Waals surface area (Å²) in [5, 5.41) is 12.2. The SMILES string of the molecule is CO[C@@H]1CN(CCCC#N)CC[C@H]1CNC(=O)c1cc(Cl)c(Cl)c2c1OCCCO2. The summed E-state index contributed by atoms with van der Waals surface area (Å²) in [6.07, 6.45) is 3.05. The molecule has 0 spiro atoms. The Bertz CT molecular complexity index is 799. The van der Waals surface area contributed by atoms with Crippen LogP contribution in [0.4, 0.5) is 0 Å². The molecule has 0 aliphatic carbocycles. The number of fused-ring (bicyclic) bond motifs is 1. The van der Waals surface area contributed by atoms with Crippen molar-refractivity contribution in [2.24, 2.45) is 5.92 Å². The lowest BCUT2D eigenvalue weighted by Gasteiger charge is -2.37. The predicted molar refractivity (Wildman–Crippen MR) is 115 cm³/mol. The minimum absolute atomic E-state index is 0.0200.